The summed E-state index contributed by atoms with van der Waals surface area (Å²) in [6.45, 7) is 11.0. The number of rotatable bonds is 15. The zero-order valence-electron chi connectivity index (χ0n) is 34.6. The van der Waals surface area contributed by atoms with Crippen LogP contribution >= 0.6 is 0 Å². The predicted octanol–water partition coefficient (Wildman–Crippen LogP) is 5.39. The highest BCUT2D eigenvalue weighted by Crippen LogP contribution is 2.38. The van der Waals surface area contributed by atoms with Crippen LogP contribution < -0.4 is 30.6 Å². The average Bonchev–Trinajstić information content (AvgIpc) is 3.47. The van der Waals surface area contributed by atoms with Crippen molar-refractivity contribution in [3.05, 3.63) is 110 Å². The van der Waals surface area contributed by atoms with Crippen molar-refractivity contribution in [2.75, 3.05) is 37.9 Å². The molecule has 2 atom stereocenters. The topological polar surface area (TPSA) is 180 Å². The second kappa shape index (κ2) is 18.5. The lowest BCUT2D eigenvalue weighted by Crippen LogP contribution is -2.53. The highest BCUT2D eigenvalue weighted by Gasteiger charge is 2.44. The number of imide groups is 1. The first kappa shape index (κ1) is 42.1. The molecule has 0 bridgehead atoms. The number of aryl methyl sites for hydroxylation is 2. The Morgan fingerprint density at radius 1 is 0.900 bits per heavy atom. The molecule has 0 radical (unpaired) electrons. The van der Waals surface area contributed by atoms with Gasteiger partial charge in [0.15, 0.2) is 6.23 Å². The summed E-state index contributed by atoms with van der Waals surface area (Å²) >= 11 is 0. The Kier molecular flexibility index (Phi) is 13.0. The fourth-order valence-electron chi connectivity index (χ4n) is 8.41. The van der Waals surface area contributed by atoms with Crippen molar-refractivity contribution in [3.8, 4) is 22.6 Å². The van der Waals surface area contributed by atoms with Crippen molar-refractivity contribution in [1.82, 2.24) is 20.5 Å². The highest BCUT2D eigenvalue weighted by atomic mass is 16.5. The maximum absolute atomic E-state index is 13.9. The maximum Gasteiger partial charge on any atom is 0.257 e. The summed E-state index contributed by atoms with van der Waals surface area (Å²) in [6.07, 6.45) is 2.14. The number of nitrogens with zero attached hydrogens (tertiary/aromatic N) is 2. The predicted molar refractivity (Wildman–Crippen MR) is 225 cm³/mol. The van der Waals surface area contributed by atoms with Crippen LogP contribution in [0.3, 0.4) is 0 Å². The molecule has 316 valence electrons. The number of anilines is 1. The van der Waals surface area contributed by atoms with E-state index < -0.39 is 30.0 Å². The number of carbonyl (C=O) groups excluding carboxylic acids is 4. The number of benzene rings is 3. The van der Waals surface area contributed by atoms with Gasteiger partial charge in [0.2, 0.25) is 11.8 Å². The van der Waals surface area contributed by atoms with Gasteiger partial charge in [-0.25, -0.2) is 0 Å². The number of ether oxygens (including phenoxy) is 3. The Morgan fingerprint density at radius 3 is 2.28 bits per heavy atom. The van der Waals surface area contributed by atoms with Crippen LogP contribution in [0.25, 0.3) is 11.1 Å². The molecule has 3 aliphatic heterocycles. The molecule has 4 aromatic rings. The van der Waals surface area contributed by atoms with Gasteiger partial charge in [-0.3, -0.25) is 34.2 Å². The van der Waals surface area contributed by atoms with Crippen LogP contribution in [0.4, 0.5) is 5.69 Å². The fourth-order valence-corrected chi connectivity index (χ4v) is 8.41. The minimum atomic E-state index is -1.32. The molecule has 2 unspecified atom stereocenters. The van der Waals surface area contributed by atoms with E-state index >= 15 is 0 Å². The van der Waals surface area contributed by atoms with Crippen molar-refractivity contribution in [1.29, 1.82) is 0 Å². The SMILES string of the molecule is CCN(c1cc(-c2ccc(OCCCCOc3ccc4c(c3)C(O)N(C3CCC(=O)NC3=O)C4=O)cc2)cc(C(=O)NCc2c(C)cc(C)[nH]c2=O)c1C)C1CCOCC1. The van der Waals surface area contributed by atoms with E-state index in [0.29, 0.717) is 73.0 Å². The standard InChI is InChI=1S/C46H53N5O9/c1-5-50(32-16-20-58-21-17-32)40-24-31(23-36(29(40)4)42(53)47-26-38-27(2)22-28(3)48-43(38)54)30-8-10-33(11-9-30)59-18-6-7-19-60-34-12-13-35-37(25-34)46(57)51(45(35)56)39-14-15-41(52)49-44(39)55/h8-13,22-25,32,39,46,57H,5-7,14-21,26H2,1-4H3,(H,47,53)(H,48,54)(H,49,52,55). The first-order valence-corrected chi connectivity index (χ1v) is 20.7. The van der Waals surface area contributed by atoms with Gasteiger partial charge in [0.1, 0.15) is 17.5 Å². The lowest BCUT2D eigenvalue weighted by Gasteiger charge is -2.37. The van der Waals surface area contributed by atoms with Crippen LogP contribution in [0.2, 0.25) is 0 Å². The fraction of sp³-hybridized carbons (Fsp3) is 0.413. The molecular weight excluding hydrogens is 767 g/mol. The number of aromatic amines is 1. The molecule has 1 aromatic heterocycles. The molecule has 7 rings (SSSR count). The van der Waals surface area contributed by atoms with Gasteiger partial charge >= 0.3 is 0 Å². The molecule has 3 aliphatic rings. The third-order valence-corrected chi connectivity index (χ3v) is 11.7. The van der Waals surface area contributed by atoms with Crippen molar-refractivity contribution < 1.29 is 38.5 Å². The van der Waals surface area contributed by atoms with Gasteiger partial charge in [0.25, 0.3) is 17.4 Å². The summed E-state index contributed by atoms with van der Waals surface area (Å²) < 4.78 is 17.7. The third kappa shape index (κ3) is 9.09. The number of aliphatic hydroxyl groups is 1. The first-order chi connectivity index (χ1) is 28.9. The largest absolute Gasteiger partial charge is 0.494 e. The Labute approximate surface area is 349 Å². The van der Waals surface area contributed by atoms with E-state index in [1.54, 1.807) is 18.2 Å². The molecular formula is C46H53N5O9. The van der Waals surface area contributed by atoms with Gasteiger partial charge in [0.05, 0.1) is 13.2 Å². The molecule has 60 heavy (non-hydrogen) atoms. The number of fused-ring (bicyclic) bond motifs is 1. The molecule has 2 saturated heterocycles. The molecule has 2 fully saturated rings. The van der Waals surface area contributed by atoms with Crippen LogP contribution in [0.1, 0.15) is 100 Å². The summed E-state index contributed by atoms with van der Waals surface area (Å²) in [5, 5.41) is 16.2. The Hall–Kier alpha value is -5.99. The van der Waals surface area contributed by atoms with Crippen LogP contribution in [-0.4, -0.2) is 83.7 Å². The molecule has 0 spiro atoms. The van der Waals surface area contributed by atoms with E-state index in [4.69, 9.17) is 14.2 Å². The van der Waals surface area contributed by atoms with E-state index in [0.717, 1.165) is 57.9 Å². The van der Waals surface area contributed by atoms with Crippen molar-refractivity contribution in [3.63, 3.8) is 0 Å². The van der Waals surface area contributed by atoms with Crippen molar-refractivity contribution in [2.45, 2.75) is 91.1 Å². The number of nitrogens with one attached hydrogen (secondary N) is 3. The molecule has 4 N–H and O–H groups in total. The molecule has 4 heterocycles. The van der Waals surface area contributed by atoms with Gasteiger partial charge in [0, 0.05) is 72.4 Å². The molecule has 0 saturated carbocycles. The van der Waals surface area contributed by atoms with Crippen molar-refractivity contribution >= 4 is 29.3 Å². The average molecular weight is 820 g/mol. The number of H-pyrrole nitrogens is 1. The molecule has 3 aromatic carbocycles. The van der Waals surface area contributed by atoms with E-state index in [1.807, 2.05) is 57.2 Å². The summed E-state index contributed by atoms with van der Waals surface area (Å²) in [6, 6.07) is 18.0. The second-order valence-electron chi connectivity index (χ2n) is 15.7. The number of carbonyl (C=O) groups is 4. The van der Waals surface area contributed by atoms with Gasteiger partial charge in [-0.15, -0.1) is 0 Å². The number of aliphatic hydroxyl groups excluding tert-OH is 1. The zero-order chi connectivity index (χ0) is 42.5. The summed E-state index contributed by atoms with van der Waals surface area (Å²) in [5.74, 6) is -0.491. The minimum absolute atomic E-state index is 0.0975. The van der Waals surface area contributed by atoms with Crippen LogP contribution in [0.15, 0.2) is 65.5 Å². The quantitative estimate of drug-likeness (QED) is 0.0898. The van der Waals surface area contributed by atoms with E-state index in [-0.39, 0.29) is 36.9 Å². The maximum atomic E-state index is 13.9. The van der Waals surface area contributed by atoms with Gasteiger partial charge in [-0.2, -0.15) is 0 Å². The second-order valence-corrected chi connectivity index (χ2v) is 15.7. The minimum Gasteiger partial charge on any atom is -0.494 e. The number of unbranched alkanes of at least 4 members (excludes halogenated alkanes) is 1. The molecule has 14 heteroatoms. The Morgan fingerprint density at radius 2 is 1.60 bits per heavy atom. The summed E-state index contributed by atoms with van der Waals surface area (Å²) in [7, 11) is 0. The number of pyridine rings is 1. The van der Waals surface area contributed by atoms with E-state index in [2.05, 4.69) is 33.5 Å². The monoisotopic (exact) mass is 819 g/mol. The number of amides is 4. The van der Waals surface area contributed by atoms with Crippen LogP contribution in [0.5, 0.6) is 11.5 Å². The van der Waals surface area contributed by atoms with Gasteiger partial charge in [-0.1, -0.05) is 12.1 Å². The number of aromatic nitrogens is 1. The highest BCUT2D eigenvalue weighted by molar-refractivity contribution is 6.05. The van der Waals surface area contributed by atoms with Gasteiger partial charge < -0.3 is 34.5 Å². The van der Waals surface area contributed by atoms with Gasteiger partial charge in [-0.05, 0) is 131 Å². The smallest absolute Gasteiger partial charge is 0.257 e. The first-order valence-electron chi connectivity index (χ1n) is 20.7. The summed E-state index contributed by atoms with van der Waals surface area (Å²) in [4.78, 5) is 70.0. The third-order valence-electron chi connectivity index (χ3n) is 11.7. The molecule has 0 aliphatic carbocycles. The summed E-state index contributed by atoms with van der Waals surface area (Å²) in [5.41, 5.74) is 6.85. The molecule has 14 nitrogen and oxygen atoms in total. The van der Waals surface area contributed by atoms with E-state index in [1.165, 1.54) is 0 Å². The zero-order valence-corrected chi connectivity index (χ0v) is 34.6. The normalized spacial score (nSPS) is 17.9. The Bertz CT molecular complexity index is 2320. The van der Waals surface area contributed by atoms with Crippen LogP contribution in [0, 0.1) is 20.8 Å². The van der Waals surface area contributed by atoms with Crippen LogP contribution in [-0.2, 0) is 20.9 Å². The number of hydrogen-bond donors (Lipinski definition) is 4. The Balaban J connectivity index is 0.968. The molecule has 4 amide bonds. The number of piperidine rings is 1. The van der Waals surface area contributed by atoms with Crippen molar-refractivity contribution in [2.24, 2.45) is 0 Å². The van der Waals surface area contributed by atoms with E-state index in [9.17, 15) is 29.1 Å². The lowest BCUT2D eigenvalue weighted by atomic mass is 9.95. The lowest BCUT2D eigenvalue weighted by molar-refractivity contribution is -0.139. The number of hydrogen-bond acceptors (Lipinski definition) is 10.